The summed E-state index contributed by atoms with van der Waals surface area (Å²) in [6.07, 6.45) is 2.53. The molecule has 1 aromatic carbocycles. The van der Waals surface area contributed by atoms with Crippen molar-refractivity contribution in [1.82, 2.24) is 9.80 Å². The Hall–Kier alpha value is -0.770. The molecule has 19 heavy (non-hydrogen) atoms. The van der Waals surface area contributed by atoms with E-state index < -0.39 is 0 Å². The quantitative estimate of drug-likeness (QED) is 0.920. The molecular weight excluding hydrogens is 260 g/mol. The highest BCUT2D eigenvalue weighted by Gasteiger charge is 2.18. The molecule has 0 radical (unpaired) electrons. The second kappa shape index (κ2) is 6.60. The number of aromatic hydroxyl groups is 1. The lowest BCUT2D eigenvalue weighted by atomic mass is 9.96. The Labute approximate surface area is 120 Å². The predicted octanol–water partition coefficient (Wildman–Crippen LogP) is 2.82. The molecule has 0 bridgehead atoms. The number of rotatable bonds is 4. The van der Waals surface area contributed by atoms with Crippen LogP contribution in [0.25, 0.3) is 0 Å². The number of hydrogen-bond donors (Lipinski definition) is 1. The molecule has 0 unspecified atom stereocenters. The number of likely N-dealkylation sites (tertiary alicyclic amines) is 1. The van der Waals surface area contributed by atoms with Crippen molar-refractivity contribution in [3.63, 3.8) is 0 Å². The minimum Gasteiger partial charge on any atom is -0.508 e. The molecule has 2 rings (SSSR count). The number of phenols is 1. The van der Waals surface area contributed by atoms with Gasteiger partial charge in [0.05, 0.1) is 0 Å². The van der Waals surface area contributed by atoms with Gasteiger partial charge in [0.2, 0.25) is 0 Å². The Morgan fingerprint density at radius 2 is 2.05 bits per heavy atom. The average Bonchev–Trinajstić information content (AvgIpc) is 2.37. The molecule has 1 aromatic rings. The van der Waals surface area contributed by atoms with E-state index in [0.717, 1.165) is 24.6 Å². The SMILES string of the molecule is CN1CCC(CN(C)Cc2cc(Cl)ccc2O)CC1. The standard InChI is InChI=1S/C15H23ClN2O/c1-17-7-5-12(6-8-17)10-18(2)11-13-9-14(16)3-4-15(13)19/h3-4,9,12,19H,5-8,10-11H2,1-2H3. The zero-order chi connectivity index (χ0) is 13.8. The number of phenolic OH excluding ortho intramolecular Hbond substituents is 1. The van der Waals surface area contributed by atoms with Crippen molar-refractivity contribution in [3.8, 4) is 5.75 Å². The summed E-state index contributed by atoms with van der Waals surface area (Å²) in [7, 11) is 4.29. The molecule has 106 valence electrons. The highest BCUT2D eigenvalue weighted by Crippen LogP contribution is 2.24. The van der Waals surface area contributed by atoms with Crippen molar-refractivity contribution in [2.75, 3.05) is 33.7 Å². The zero-order valence-electron chi connectivity index (χ0n) is 11.8. The van der Waals surface area contributed by atoms with Gasteiger partial charge in [-0.25, -0.2) is 0 Å². The lowest BCUT2D eigenvalue weighted by Gasteiger charge is -2.31. The van der Waals surface area contributed by atoms with E-state index in [2.05, 4.69) is 23.9 Å². The van der Waals surface area contributed by atoms with Crippen LogP contribution in [0.5, 0.6) is 5.75 Å². The van der Waals surface area contributed by atoms with Crippen molar-refractivity contribution in [2.24, 2.45) is 5.92 Å². The van der Waals surface area contributed by atoms with E-state index in [0.29, 0.717) is 10.8 Å². The smallest absolute Gasteiger partial charge is 0.120 e. The summed E-state index contributed by atoms with van der Waals surface area (Å²) in [5, 5.41) is 10.5. The molecule has 1 aliphatic heterocycles. The molecule has 3 nitrogen and oxygen atoms in total. The molecular formula is C15H23ClN2O. The lowest BCUT2D eigenvalue weighted by molar-refractivity contribution is 0.173. The van der Waals surface area contributed by atoms with Crippen molar-refractivity contribution < 1.29 is 5.11 Å². The number of hydrogen-bond acceptors (Lipinski definition) is 3. The zero-order valence-corrected chi connectivity index (χ0v) is 12.5. The minimum absolute atomic E-state index is 0.333. The number of piperidine rings is 1. The minimum atomic E-state index is 0.333. The van der Waals surface area contributed by atoms with E-state index in [1.54, 1.807) is 12.1 Å². The van der Waals surface area contributed by atoms with Crippen molar-refractivity contribution in [1.29, 1.82) is 0 Å². The number of benzene rings is 1. The molecule has 0 atom stereocenters. The maximum absolute atomic E-state index is 9.83. The highest BCUT2D eigenvalue weighted by atomic mass is 35.5. The lowest BCUT2D eigenvalue weighted by Crippen LogP contribution is -2.35. The van der Waals surface area contributed by atoms with Gasteiger partial charge in [-0.1, -0.05) is 11.6 Å². The Balaban J connectivity index is 1.87. The number of halogens is 1. The Kier molecular flexibility index (Phi) is 5.08. The van der Waals surface area contributed by atoms with Crippen molar-refractivity contribution >= 4 is 11.6 Å². The van der Waals surface area contributed by atoms with E-state index in [1.807, 2.05) is 6.07 Å². The fraction of sp³-hybridized carbons (Fsp3) is 0.600. The van der Waals surface area contributed by atoms with Gasteiger partial charge in [-0.15, -0.1) is 0 Å². The first-order valence-corrected chi connectivity index (χ1v) is 7.27. The van der Waals surface area contributed by atoms with Gasteiger partial charge in [-0.2, -0.15) is 0 Å². The molecule has 1 heterocycles. The molecule has 4 heteroatoms. The van der Waals surface area contributed by atoms with Gasteiger partial charge in [0, 0.05) is 23.7 Å². The third kappa shape index (κ3) is 4.37. The van der Waals surface area contributed by atoms with Crippen LogP contribution < -0.4 is 0 Å². The molecule has 0 amide bonds. The van der Waals surface area contributed by atoms with Crippen LogP contribution in [0.1, 0.15) is 18.4 Å². The van der Waals surface area contributed by atoms with E-state index in [4.69, 9.17) is 11.6 Å². The van der Waals surface area contributed by atoms with Crippen molar-refractivity contribution in [3.05, 3.63) is 28.8 Å². The van der Waals surface area contributed by atoms with Crippen LogP contribution in [-0.2, 0) is 6.54 Å². The second-order valence-corrected chi connectivity index (χ2v) is 6.15. The van der Waals surface area contributed by atoms with Gasteiger partial charge >= 0.3 is 0 Å². The molecule has 0 spiro atoms. The molecule has 1 saturated heterocycles. The first-order chi connectivity index (χ1) is 9.04. The summed E-state index contributed by atoms with van der Waals surface area (Å²) in [6, 6.07) is 5.24. The van der Waals surface area contributed by atoms with Crippen LogP contribution in [0.15, 0.2) is 18.2 Å². The normalized spacial score (nSPS) is 18.1. The van der Waals surface area contributed by atoms with E-state index in [1.165, 1.54) is 25.9 Å². The summed E-state index contributed by atoms with van der Waals surface area (Å²) in [5.41, 5.74) is 0.905. The van der Waals surface area contributed by atoms with Gasteiger partial charge < -0.3 is 14.9 Å². The third-order valence-electron chi connectivity index (χ3n) is 3.89. The molecule has 0 saturated carbocycles. The van der Waals surface area contributed by atoms with Crippen LogP contribution in [0.3, 0.4) is 0 Å². The maximum Gasteiger partial charge on any atom is 0.120 e. The molecule has 1 N–H and O–H groups in total. The molecule has 0 aliphatic carbocycles. The first-order valence-electron chi connectivity index (χ1n) is 6.89. The summed E-state index contributed by atoms with van der Waals surface area (Å²) in [4.78, 5) is 4.67. The fourth-order valence-electron chi connectivity index (χ4n) is 2.72. The van der Waals surface area contributed by atoms with Crippen LogP contribution in [0.4, 0.5) is 0 Å². The van der Waals surface area contributed by atoms with E-state index in [9.17, 15) is 5.11 Å². The van der Waals surface area contributed by atoms with Crippen LogP contribution in [0, 0.1) is 5.92 Å². The summed E-state index contributed by atoms with van der Waals surface area (Å²) < 4.78 is 0. The third-order valence-corrected chi connectivity index (χ3v) is 4.12. The van der Waals surface area contributed by atoms with Crippen molar-refractivity contribution in [2.45, 2.75) is 19.4 Å². The molecule has 1 aliphatic rings. The van der Waals surface area contributed by atoms with Gasteiger partial charge in [0.15, 0.2) is 0 Å². The fourth-order valence-corrected chi connectivity index (χ4v) is 2.92. The Morgan fingerprint density at radius 1 is 1.37 bits per heavy atom. The largest absolute Gasteiger partial charge is 0.508 e. The van der Waals surface area contributed by atoms with Gasteiger partial charge in [0.1, 0.15) is 5.75 Å². The van der Waals surface area contributed by atoms with Gasteiger partial charge in [-0.3, -0.25) is 0 Å². The van der Waals surface area contributed by atoms with Crippen LogP contribution >= 0.6 is 11.6 Å². The summed E-state index contributed by atoms with van der Waals surface area (Å²) >= 11 is 5.97. The predicted molar refractivity (Wildman–Crippen MR) is 79.7 cm³/mol. The van der Waals surface area contributed by atoms with E-state index >= 15 is 0 Å². The number of nitrogens with zero attached hydrogens (tertiary/aromatic N) is 2. The topological polar surface area (TPSA) is 26.7 Å². The van der Waals surface area contributed by atoms with Gasteiger partial charge in [0.25, 0.3) is 0 Å². The maximum atomic E-state index is 9.83. The summed E-state index contributed by atoms with van der Waals surface area (Å²) in [5.74, 6) is 1.10. The Bertz CT molecular complexity index is 417. The highest BCUT2D eigenvalue weighted by molar-refractivity contribution is 6.30. The molecule has 0 aromatic heterocycles. The van der Waals surface area contributed by atoms with Crippen LogP contribution in [0.2, 0.25) is 5.02 Å². The van der Waals surface area contributed by atoms with Crippen LogP contribution in [-0.4, -0.2) is 48.6 Å². The van der Waals surface area contributed by atoms with E-state index in [-0.39, 0.29) is 0 Å². The Morgan fingerprint density at radius 3 is 2.74 bits per heavy atom. The summed E-state index contributed by atoms with van der Waals surface area (Å²) in [6.45, 7) is 4.22. The molecule has 1 fully saturated rings. The van der Waals surface area contributed by atoms with Gasteiger partial charge in [-0.05, 0) is 64.1 Å². The first kappa shape index (κ1) is 14.6. The monoisotopic (exact) mass is 282 g/mol. The average molecular weight is 283 g/mol. The second-order valence-electron chi connectivity index (χ2n) is 5.72.